The molecule has 2 atom stereocenters. The Morgan fingerprint density at radius 3 is 2.68 bits per heavy atom. The van der Waals surface area contributed by atoms with Crippen LogP contribution in [0.15, 0.2) is 48.7 Å². The third kappa shape index (κ3) is 3.27. The zero-order chi connectivity index (χ0) is 20.8. The average molecular weight is 438 g/mol. The van der Waals surface area contributed by atoms with Crippen LogP contribution in [0, 0.1) is 0 Å². The Kier molecular flexibility index (Phi) is 4.79. The van der Waals surface area contributed by atoms with Gasteiger partial charge in [0.25, 0.3) is 0 Å². The largest absolute Gasteiger partial charge is 0.345 e. The van der Waals surface area contributed by atoms with Gasteiger partial charge in [0.2, 0.25) is 0 Å². The molecule has 7 nitrogen and oxygen atoms in total. The number of para-hydroxylation sites is 1. The molecule has 1 aromatic carbocycles. The number of pyridine rings is 1. The topological polar surface area (TPSA) is 65.3 Å². The molecule has 2 saturated heterocycles. The van der Waals surface area contributed by atoms with E-state index >= 15 is 0 Å². The highest BCUT2D eigenvalue weighted by molar-refractivity contribution is 6.21. The summed E-state index contributed by atoms with van der Waals surface area (Å²) in [6.45, 7) is 3.85. The van der Waals surface area contributed by atoms with Gasteiger partial charge in [0.1, 0.15) is 11.2 Å². The van der Waals surface area contributed by atoms with Gasteiger partial charge in [0, 0.05) is 31.6 Å². The zero-order valence-corrected chi connectivity index (χ0v) is 17.9. The summed E-state index contributed by atoms with van der Waals surface area (Å²) in [5.74, 6) is 1.05. The molecule has 3 aliphatic rings. The Bertz CT molecular complexity index is 1080. The highest BCUT2D eigenvalue weighted by atomic mass is 35.5. The zero-order valence-electron chi connectivity index (χ0n) is 17.2. The third-order valence-electron chi connectivity index (χ3n) is 6.52. The Balaban J connectivity index is 1.36. The van der Waals surface area contributed by atoms with Crippen molar-refractivity contribution in [3.63, 3.8) is 0 Å². The lowest BCUT2D eigenvalue weighted by Crippen LogP contribution is -2.37. The summed E-state index contributed by atoms with van der Waals surface area (Å²) in [5.41, 5.74) is 3.30. The third-order valence-corrected chi connectivity index (χ3v) is 7.05. The maximum Gasteiger partial charge on any atom is 0.196 e. The van der Waals surface area contributed by atoms with Gasteiger partial charge in [-0.2, -0.15) is 0 Å². The number of nitrogens with zero attached hydrogens (tertiary/aromatic N) is 5. The first kappa shape index (κ1) is 19.4. The van der Waals surface area contributed by atoms with Crippen LogP contribution in [0.2, 0.25) is 0 Å². The van der Waals surface area contributed by atoms with E-state index in [1.54, 1.807) is 0 Å². The van der Waals surface area contributed by atoms with Gasteiger partial charge in [-0.05, 0) is 36.7 Å². The van der Waals surface area contributed by atoms with E-state index in [9.17, 15) is 0 Å². The van der Waals surface area contributed by atoms with E-state index < -0.39 is 11.2 Å². The summed E-state index contributed by atoms with van der Waals surface area (Å²) in [5, 5.41) is 8.67. The molecule has 3 aromatic rings. The smallest absolute Gasteiger partial charge is 0.196 e. The van der Waals surface area contributed by atoms with Crippen molar-refractivity contribution >= 4 is 11.6 Å². The molecule has 0 bridgehead atoms. The van der Waals surface area contributed by atoms with Crippen LogP contribution in [-0.2, 0) is 22.4 Å². The number of hydrogen-bond donors (Lipinski definition) is 0. The van der Waals surface area contributed by atoms with E-state index in [4.69, 9.17) is 21.1 Å². The molecule has 0 amide bonds. The Hall–Kier alpha value is -2.32. The summed E-state index contributed by atoms with van der Waals surface area (Å²) in [6.07, 6.45) is 3.47. The molecule has 0 N–H and O–H groups in total. The maximum atomic E-state index is 6.97. The standard InChI is InChI=1S/C23H24ClN5O2/c24-20-22-27-26-21(17-8-10-28(14-17)15-18-6-3-4-9-25-18)29(22)19-7-2-1-5-16(19)13-23(20)30-11-12-31-23/h1-7,9,17,20H,8,10-15H2. The molecule has 0 saturated carbocycles. The minimum absolute atomic E-state index is 0.279. The van der Waals surface area contributed by atoms with Gasteiger partial charge in [-0.1, -0.05) is 24.3 Å². The normalized spacial score (nSPS) is 24.8. The second-order valence-electron chi connectivity index (χ2n) is 8.47. The summed E-state index contributed by atoms with van der Waals surface area (Å²) in [7, 11) is 0. The van der Waals surface area contributed by atoms with Gasteiger partial charge in [0.05, 0.1) is 24.6 Å². The minimum atomic E-state index is -0.892. The van der Waals surface area contributed by atoms with Gasteiger partial charge in [0.15, 0.2) is 11.6 Å². The number of rotatable bonds is 3. The van der Waals surface area contributed by atoms with Crippen molar-refractivity contribution < 1.29 is 9.47 Å². The van der Waals surface area contributed by atoms with Crippen molar-refractivity contribution in [3.05, 3.63) is 71.6 Å². The van der Waals surface area contributed by atoms with E-state index in [0.717, 1.165) is 48.8 Å². The first-order valence-corrected chi connectivity index (χ1v) is 11.2. The lowest BCUT2D eigenvalue weighted by molar-refractivity contribution is -0.159. The fourth-order valence-corrected chi connectivity index (χ4v) is 5.39. The van der Waals surface area contributed by atoms with Crippen molar-refractivity contribution in [2.45, 2.75) is 36.5 Å². The summed E-state index contributed by atoms with van der Waals surface area (Å²) in [6, 6.07) is 14.4. The highest BCUT2D eigenvalue weighted by Crippen LogP contribution is 2.45. The first-order chi connectivity index (χ1) is 15.2. The van der Waals surface area contributed by atoms with Crippen molar-refractivity contribution in [1.29, 1.82) is 0 Å². The molecule has 2 unspecified atom stereocenters. The van der Waals surface area contributed by atoms with Crippen LogP contribution in [0.4, 0.5) is 0 Å². The lowest BCUT2D eigenvalue weighted by atomic mass is 10.0. The van der Waals surface area contributed by atoms with Crippen molar-refractivity contribution in [1.82, 2.24) is 24.6 Å². The summed E-state index contributed by atoms with van der Waals surface area (Å²) >= 11 is 6.97. The quantitative estimate of drug-likeness (QED) is 0.586. The van der Waals surface area contributed by atoms with Crippen molar-refractivity contribution in [2.75, 3.05) is 26.3 Å². The Morgan fingerprint density at radius 1 is 1.03 bits per heavy atom. The predicted octanol–water partition coefficient (Wildman–Crippen LogP) is 3.23. The van der Waals surface area contributed by atoms with E-state index in [1.165, 1.54) is 0 Å². The molecule has 1 spiro atoms. The number of halogens is 1. The summed E-state index contributed by atoms with van der Waals surface area (Å²) in [4.78, 5) is 6.90. The molecule has 0 radical (unpaired) electrons. The number of fused-ring (bicyclic) bond motifs is 3. The second-order valence-corrected chi connectivity index (χ2v) is 8.91. The fraction of sp³-hybridized carbons (Fsp3) is 0.435. The number of hydrogen-bond acceptors (Lipinski definition) is 6. The number of ether oxygens (including phenoxy) is 2. The molecule has 2 fully saturated rings. The van der Waals surface area contributed by atoms with E-state index in [1.807, 2.05) is 30.5 Å². The Labute approximate surface area is 186 Å². The molecular weight excluding hydrogens is 414 g/mol. The van der Waals surface area contributed by atoms with Gasteiger partial charge in [-0.25, -0.2) is 0 Å². The molecule has 2 aromatic heterocycles. The average Bonchev–Trinajstić information content (AvgIpc) is 3.53. The summed E-state index contributed by atoms with van der Waals surface area (Å²) < 4.78 is 14.3. The van der Waals surface area contributed by atoms with Gasteiger partial charge in [-0.3, -0.25) is 14.5 Å². The van der Waals surface area contributed by atoms with Crippen LogP contribution >= 0.6 is 11.6 Å². The van der Waals surface area contributed by atoms with Gasteiger partial charge >= 0.3 is 0 Å². The SMILES string of the molecule is ClC1c2nnc(C3CCN(Cc4ccccn4)C3)n2-c2ccccc2CC12OCCO2. The number of alkyl halides is 1. The minimum Gasteiger partial charge on any atom is -0.345 e. The molecule has 3 aliphatic heterocycles. The number of aromatic nitrogens is 4. The predicted molar refractivity (Wildman–Crippen MR) is 115 cm³/mol. The van der Waals surface area contributed by atoms with Crippen molar-refractivity contribution in [2.24, 2.45) is 0 Å². The monoisotopic (exact) mass is 437 g/mol. The van der Waals surface area contributed by atoms with Crippen molar-refractivity contribution in [3.8, 4) is 5.69 Å². The molecule has 160 valence electrons. The molecule has 0 aliphatic carbocycles. The molecule has 31 heavy (non-hydrogen) atoms. The molecular formula is C23H24ClN5O2. The Morgan fingerprint density at radius 2 is 1.84 bits per heavy atom. The van der Waals surface area contributed by atoms with E-state index in [0.29, 0.717) is 25.5 Å². The lowest BCUT2D eigenvalue weighted by Gasteiger charge is -2.29. The second kappa shape index (κ2) is 7.67. The van der Waals surface area contributed by atoms with Gasteiger partial charge < -0.3 is 9.47 Å². The number of likely N-dealkylation sites (tertiary alicyclic amines) is 1. The first-order valence-electron chi connectivity index (χ1n) is 10.8. The molecule has 6 rings (SSSR count). The fourth-order valence-electron chi connectivity index (χ4n) is 5.04. The van der Waals surface area contributed by atoms with Crippen LogP contribution in [0.25, 0.3) is 5.69 Å². The maximum absolute atomic E-state index is 6.97. The highest BCUT2D eigenvalue weighted by Gasteiger charge is 2.50. The van der Waals surface area contributed by atoms with Crippen LogP contribution in [0.3, 0.4) is 0 Å². The van der Waals surface area contributed by atoms with Crippen LogP contribution < -0.4 is 0 Å². The molecule has 8 heteroatoms. The van der Waals surface area contributed by atoms with E-state index in [2.05, 4.69) is 42.8 Å². The molecule has 5 heterocycles. The van der Waals surface area contributed by atoms with Crippen LogP contribution in [0.1, 0.15) is 40.6 Å². The van der Waals surface area contributed by atoms with Crippen LogP contribution in [-0.4, -0.2) is 56.7 Å². The van der Waals surface area contributed by atoms with Gasteiger partial charge in [-0.15, -0.1) is 21.8 Å². The number of benzene rings is 1. The van der Waals surface area contributed by atoms with E-state index in [-0.39, 0.29) is 5.92 Å². The van der Waals surface area contributed by atoms with Crippen LogP contribution in [0.5, 0.6) is 0 Å².